The van der Waals surface area contributed by atoms with E-state index >= 15 is 0 Å². The van der Waals surface area contributed by atoms with Gasteiger partial charge in [0.15, 0.2) is 0 Å². The van der Waals surface area contributed by atoms with Crippen LogP contribution in [0, 0.1) is 0 Å². The van der Waals surface area contributed by atoms with E-state index in [0.717, 1.165) is 17.5 Å². The monoisotopic (exact) mass is 406 g/mol. The SMILES string of the molecule is O=C(Nc1ccc(N2CCCCS2(=O)=O)cc1)c1ccc(-c2ccccc2)cc1. The number of anilines is 2. The lowest BCUT2D eigenvalue weighted by atomic mass is 10.0. The van der Waals surface area contributed by atoms with E-state index in [1.807, 2.05) is 42.5 Å². The van der Waals surface area contributed by atoms with Crippen molar-refractivity contribution >= 4 is 27.3 Å². The first-order valence-corrected chi connectivity index (χ1v) is 11.2. The van der Waals surface area contributed by atoms with Crippen LogP contribution in [0.15, 0.2) is 78.9 Å². The molecule has 148 valence electrons. The topological polar surface area (TPSA) is 66.5 Å². The summed E-state index contributed by atoms with van der Waals surface area (Å²) in [6.45, 7) is 0.502. The molecular formula is C23H22N2O3S. The van der Waals surface area contributed by atoms with E-state index in [0.29, 0.717) is 29.9 Å². The van der Waals surface area contributed by atoms with Gasteiger partial charge in [-0.3, -0.25) is 9.10 Å². The Morgan fingerprint density at radius 1 is 0.793 bits per heavy atom. The third kappa shape index (κ3) is 4.32. The Kier molecular flexibility index (Phi) is 5.36. The standard InChI is InChI=1S/C23H22N2O3S/c26-23(20-10-8-19(9-11-20)18-6-2-1-3-7-18)24-21-12-14-22(15-13-21)25-16-4-5-17-29(25,27)28/h1-3,6-15H,4-5,16-17H2,(H,24,26). The fourth-order valence-corrected chi connectivity index (χ4v) is 5.08. The Morgan fingerprint density at radius 3 is 2.10 bits per heavy atom. The number of amides is 1. The van der Waals surface area contributed by atoms with Gasteiger partial charge < -0.3 is 5.32 Å². The van der Waals surface area contributed by atoms with Gasteiger partial charge in [0.2, 0.25) is 10.0 Å². The highest BCUT2D eigenvalue weighted by atomic mass is 32.2. The summed E-state index contributed by atoms with van der Waals surface area (Å²) in [6.07, 6.45) is 1.56. The first-order valence-electron chi connectivity index (χ1n) is 9.60. The van der Waals surface area contributed by atoms with Gasteiger partial charge in [-0.2, -0.15) is 0 Å². The number of nitrogens with zero attached hydrogens (tertiary/aromatic N) is 1. The maximum Gasteiger partial charge on any atom is 0.255 e. The van der Waals surface area contributed by atoms with Crippen LogP contribution in [0.5, 0.6) is 0 Å². The normalized spacial score (nSPS) is 15.7. The second kappa shape index (κ2) is 8.09. The van der Waals surface area contributed by atoms with E-state index in [1.54, 1.807) is 36.4 Å². The Morgan fingerprint density at radius 2 is 1.45 bits per heavy atom. The van der Waals surface area contributed by atoms with Gasteiger partial charge in [-0.05, 0) is 60.4 Å². The summed E-state index contributed by atoms with van der Waals surface area (Å²) in [5, 5.41) is 2.86. The molecule has 6 heteroatoms. The highest BCUT2D eigenvalue weighted by molar-refractivity contribution is 7.92. The molecule has 4 rings (SSSR count). The summed E-state index contributed by atoms with van der Waals surface area (Å²) in [7, 11) is -3.24. The first-order chi connectivity index (χ1) is 14.0. The first kappa shape index (κ1) is 19.2. The molecule has 29 heavy (non-hydrogen) atoms. The maximum absolute atomic E-state index is 12.5. The summed E-state index contributed by atoms with van der Waals surface area (Å²) in [4.78, 5) is 12.5. The summed E-state index contributed by atoms with van der Waals surface area (Å²) in [6, 6.07) is 24.4. The maximum atomic E-state index is 12.5. The van der Waals surface area contributed by atoms with Crippen molar-refractivity contribution in [1.29, 1.82) is 0 Å². The van der Waals surface area contributed by atoms with Gasteiger partial charge in [0.1, 0.15) is 0 Å². The van der Waals surface area contributed by atoms with Gasteiger partial charge in [-0.25, -0.2) is 8.42 Å². The van der Waals surface area contributed by atoms with Gasteiger partial charge in [-0.15, -0.1) is 0 Å². The molecule has 1 saturated heterocycles. The highest BCUT2D eigenvalue weighted by Crippen LogP contribution is 2.25. The summed E-state index contributed by atoms with van der Waals surface area (Å²) < 4.78 is 25.9. The van der Waals surface area contributed by atoms with E-state index < -0.39 is 10.0 Å². The average molecular weight is 407 g/mol. The minimum Gasteiger partial charge on any atom is -0.322 e. The highest BCUT2D eigenvalue weighted by Gasteiger charge is 2.25. The van der Waals surface area contributed by atoms with E-state index in [1.165, 1.54) is 4.31 Å². The lowest BCUT2D eigenvalue weighted by molar-refractivity contribution is 0.102. The van der Waals surface area contributed by atoms with Crippen LogP contribution in [0.25, 0.3) is 11.1 Å². The zero-order chi connectivity index (χ0) is 20.3. The van der Waals surface area contributed by atoms with Crippen molar-refractivity contribution < 1.29 is 13.2 Å². The van der Waals surface area contributed by atoms with Crippen LogP contribution in [0.4, 0.5) is 11.4 Å². The molecule has 1 heterocycles. The van der Waals surface area contributed by atoms with Crippen LogP contribution < -0.4 is 9.62 Å². The number of benzene rings is 3. The van der Waals surface area contributed by atoms with Gasteiger partial charge in [0, 0.05) is 17.8 Å². The van der Waals surface area contributed by atoms with Crippen LogP contribution >= 0.6 is 0 Å². The molecule has 0 aromatic heterocycles. The predicted molar refractivity (Wildman–Crippen MR) is 117 cm³/mol. The molecule has 0 spiro atoms. The van der Waals surface area contributed by atoms with Crippen molar-refractivity contribution in [2.45, 2.75) is 12.8 Å². The van der Waals surface area contributed by atoms with Crippen molar-refractivity contribution in [3.05, 3.63) is 84.4 Å². The molecule has 0 unspecified atom stereocenters. The fraction of sp³-hybridized carbons (Fsp3) is 0.174. The molecule has 0 atom stereocenters. The molecule has 5 nitrogen and oxygen atoms in total. The Labute approximate surface area is 171 Å². The number of carbonyl (C=O) groups excluding carboxylic acids is 1. The third-order valence-electron chi connectivity index (χ3n) is 5.02. The van der Waals surface area contributed by atoms with Crippen molar-refractivity contribution in [2.75, 3.05) is 21.9 Å². The van der Waals surface area contributed by atoms with Crippen molar-refractivity contribution in [3.8, 4) is 11.1 Å². The lowest BCUT2D eigenvalue weighted by Crippen LogP contribution is -2.37. The molecule has 1 fully saturated rings. The molecule has 1 N–H and O–H groups in total. The average Bonchev–Trinajstić information content (AvgIpc) is 2.75. The lowest BCUT2D eigenvalue weighted by Gasteiger charge is -2.28. The summed E-state index contributed by atoms with van der Waals surface area (Å²) >= 11 is 0. The number of sulfonamides is 1. The summed E-state index contributed by atoms with van der Waals surface area (Å²) in [5.41, 5.74) is 3.97. The van der Waals surface area contributed by atoms with Crippen LogP contribution in [0.1, 0.15) is 23.2 Å². The fourth-order valence-electron chi connectivity index (χ4n) is 3.44. The molecular weight excluding hydrogens is 384 g/mol. The minimum absolute atomic E-state index is 0.185. The zero-order valence-electron chi connectivity index (χ0n) is 15.9. The van der Waals surface area contributed by atoms with E-state index in [2.05, 4.69) is 5.32 Å². The molecule has 3 aromatic carbocycles. The van der Waals surface area contributed by atoms with Gasteiger partial charge in [0.25, 0.3) is 5.91 Å². The van der Waals surface area contributed by atoms with Gasteiger partial charge >= 0.3 is 0 Å². The second-order valence-corrected chi connectivity index (χ2v) is 9.05. The van der Waals surface area contributed by atoms with Gasteiger partial charge in [-0.1, -0.05) is 42.5 Å². The Bertz CT molecular complexity index is 1090. The molecule has 1 aliphatic heterocycles. The number of hydrogen-bond acceptors (Lipinski definition) is 3. The Hall–Kier alpha value is -3.12. The number of carbonyl (C=O) groups is 1. The molecule has 0 aliphatic carbocycles. The van der Waals surface area contributed by atoms with E-state index in [-0.39, 0.29) is 11.7 Å². The van der Waals surface area contributed by atoms with Crippen molar-refractivity contribution in [2.24, 2.45) is 0 Å². The van der Waals surface area contributed by atoms with E-state index in [9.17, 15) is 13.2 Å². The van der Waals surface area contributed by atoms with Crippen LogP contribution in [-0.4, -0.2) is 26.6 Å². The van der Waals surface area contributed by atoms with Gasteiger partial charge in [0.05, 0.1) is 11.4 Å². The van der Waals surface area contributed by atoms with Crippen molar-refractivity contribution in [3.63, 3.8) is 0 Å². The van der Waals surface area contributed by atoms with Crippen LogP contribution in [-0.2, 0) is 10.0 Å². The second-order valence-electron chi connectivity index (χ2n) is 7.04. The smallest absolute Gasteiger partial charge is 0.255 e. The predicted octanol–water partition coefficient (Wildman–Crippen LogP) is 4.54. The van der Waals surface area contributed by atoms with Crippen LogP contribution in [0.3, 0.4) is 0 Å². The molecule has 0 radical (unpaired) electrons. The number of rotatable bonds is 4. The summed E-state index contributed by atoms with van der Waals surface area (Å²) in [5.74, 6) is -0.0206. The molecule has 0 bridgehead atoms. The minimum atomic E-state index is -3.24. The third-order valence-corrected chi connectivity index (χ3v) is 6.89. The van der Waals surface area contributed by atoms with E-state index in [4.69, 9.17) is 0 Å². The molecule has 1 aliphatic rings. The van der Waals surface area contributed by atoms with Crippen LogP contribution in [0.2, 0.25) is 0 Å². The quantitative estimate of drug-likeness (QED) is 0.692. The largest absolute Gasteiger partial charge is 0.322 e. The Balaban J connectivity index is 1.44. The molecule has 0 saturated carbocycles. The number of hydrogen-bond donors (Lipinski definition) is 1. The molecule has 1 amide bonds. The van der Waals surface area contributed by atoms with Crippen molar-refractivity contribution in [1.82, 2.24) is 0 Å². The molecule has 3 aromatic rings. The zero-order valence-corrected chi connectivity index (χ0v) is 16.7. The number of nitrogens with one attached hydrogen (secondary N) is 1.